The van der Waals surface area contributed by atoms with Gasteiger partial charge in [-0.2, -0.15) is 0 Å². The second-order valence-corrected chi connectivity index (χ2v) is 5.99. The molecule has 0 radical (unpaired) electrons. The Balaban J connectivity index is 1.91. The van der Waals surface area contributed by atoms with Crippen LogP contribution in [0, 0.1) is 0 Å². The standard InChI is InChI=1S/C11H14N2O4S/c1-18(14,15)10-4-2-8(3-5-10)16-7-9-6-13-11(12)17-9/h2-5,9H,6-7H2,1H3,(H2,12,13). The van der Waals surface area contributed by atoms with E-state index in [-0.39, 0.29) is 17.0 Å². The van der Waals surface area contributed by atoms with Crippen molar-refractivity contribution in [2.75, 3.05) is 19.4 Å². The summed E-state index contributed by atoms with van der Waals surface area (Å²) in [5.74, 6) is 0.580. The zero-order valence-electron chi connectivity index (χ0n) is 9.87. The van der Waals surface area contributed by atoms with Crippen molar-refractivity contribution in [2.24, 2.45) is 10.7 Å². The number of ether oxygens (including phenoxy) is 2. The Morgan fingerprint density at radius 3 is 2.61 bits per heavy atom. The highest BCUT2D eigenvalue weighted by Crippen LogP contribution is 2.16. The molecule has 1 aromatic carbocycles. The van der Waals surface area contributed by atoms with Gasteiger partial charge in [0.15, 0.2) is 15.9 Å². The summed E-state index contributed by atoms with van der Waals surface area (Å²) in [7, 11) is -3.17. The molecule has 1 aliphatic heterocycles. The molecule has 0 saturated heterocycles. The molecule has 1 unspecified atom stereocenters. The van der Waals surface area contributed by atoms with Gasteiger partial charge in [0.2, 0.25) is 0 Å². The van der Waals surface area contributed by atoms with Crippen molar-refractivity contribution in [1.29, 1.82) is 0 Å². The lowest BCUT2D eigenvalue weighted by Gasteiger charge is -2.11. The van der Waals surface area contributed by atoms with Crippen LogP contribution >= 0.6 is 0 Å². The van der Waals surface area contributed by atoms with Crippen molar-refractivity contribution in [1.82, 2.24) is 0 Å². The normalized spacial score (nSPS) is 19.2. The van der Waals surface area contributed by atoms with Gasteiger partial charge >= 0.3 is 0 Å². The highest BCUT2D eigenvalue weighted by molar-refractivity contribution is 7.90. The van der Waals surface area contributed by atoms with E-state index in [1.54, 1.807) is 12.1 Å². The summed E-state index contributed by atoms with van der Waals surface area (Å²) >= 11 is 0. The van der Waals surface area contributed by atoms with E-state index >= 15 is 0 Å². The molecule has 0 amide bonds. The second kappa shape index (κ2) is 4.85. The van der Waals surface area contributed by atoms with Gasteiger partial charge < -0.3 is 15.2 Å². The smallest absolute Gasteiger partial charge is 0.282 e. The molecule has 1 atom stereocenters. The summed E-state index contributed by atoms with van der Waals surface area (Å²) < 4.78 is 33.1. The summed E-state index contributed by atoms with van der Waals surface area (Å²) in [6.45, 7) is 0.801. The second-order valence-electron chi connectivity index (χ2n) is 3.97. The molecule has 0 bridgehead atoms. The average molecular weight is 270 g/mol. The predicted molar refractivity (Wildman–Crippen MR) is 66.4 cm³/mol. The number of rotatable bonds is 4. The Labute approximate surface area is 105 Å². The molecule has 0 spiro atoms. The van der Waals surface area contributed by atoms with E-state index in [9.17, 15) is 8.42 Å². The number of aliphatic imine (C=N–C) groups is 1. The van der Waals surface area contributed by atoms with Gasteiger partial charge in [0, 0.05) is 6.26 Å². The lowest BCUT2D eigenvalue weighted by Crippen LogP contribution is -2.24. The van der Waals surface area contributed by atoms with Crippen LogP contribution in [0.2, 0.25) is 0 Å². The average Bonchev–Trinajstić information content (AvgIpc) is 2.72. The van der Waals surface area contributed by atoms with Crippen molar-refractivity contribution in [3.63, 3.8) is 0 Å². The van der Waals surface area contributed by atoms with Crippen LogP contribution in [0.1, 0.15) is 0 Å². The van der Waals surface area contributed by atoms with E-state index in [1.807, 2.05) is 0 Å². The van der Waals surface area contributed by atoms with E-state index < -0.39 is 9.84 Å². The highest BCUT2D eigenvalue weighted by Gasteiger charge is 2.18. The number of hydrogen-bond acceptors (Lipinski definition) is 6. The molecule has 6 nitrogen and oxygen atoms in total. The lowest BCUT2D eigenvalue weighted by molar-refractivity contribution is 0.141. The molecule has 2 N–H and O–H groups in total. The van der Waals surface area contributed by atoms with Crippen LogP contribution in [0.3, 0.4) is 0 Å². The third-order valence-corrected chi connectivity index (χ3v) is 3.55. The van der Waals surface area contributed by atoms with Crippen LogP contribution in [0.5, 0.6) is 5.75 Å². The van der Waals surface area contributed by atoms with Gasteiger partial charge in [-0.25, -0.2) is 13.4 Å². The molecule has 1 aromatic rings. The predicted octanol–water partition coefficient (Wildman–Crippen LogP) is 0.182. The first-order valence-electron chi connectivity index (χ1n) is 5.34. The number of hydrogen-bond donors (Lipinski definition) is 1. The van der Waals surface area contributed by atoms with Crippen LogP contribution < -0.4 is 10.5 Å². The van der Waals surface area contributed by atoms with E-state index in [1.165, 1.54) is 12.1 Å². The summed E-state index contributed by atoms with van der Waals surface area (Å²) in [5.41, 5.74) is 5.37. The molecule has 0 aromatic heterocycles. The summed E-state index contributed by atoms with van der Waals surface area (Å²) in [6, 6.07) is 6.40. The maximum atomic E-state index is 11.3. The highest BCUT2D eigenvalue weighted by atomic mass is 32.2. The third kappa shape index (κ3) is 3.13. The molecule has 0 fully saturated rings. The Bertz CT molecular complexity index is 551. The number of nitrogens with zero attached hydrogens (tertiary/aromatic N) is 1. The minimum atomic E-state index is -3.17. The molecule has 0 saturated carbocycles. The fourth-order valence-electron chi connectivity index (χ4n) is 1.50. The minimum absolute atomic E-state index is 0.177. The summed E-state index contributed by atoms with van der Waals surface area (Å²) in [4.78, 5) is 4.15. The summed E-state index contributed by atoms with van der Waals surface area (Å²) in [5, 5.41) is 0. The molecule has 1 heterocycles. The van der Waals surface area contributed by atoms with Crippen LogP contribution in [-0.2, 0) is 14.6 Å². The molecule has 98 valence electrons. The number of nitrogens with two attached hydrogens (primary N) is 1. The Kier molecular flexibility index (Phi) is 3.42. The molecular formula is C11H14N2O4S. The molecule has 1 aliphatic rings. The zero-order chi connectivity index (χ0) is 13.2. The molecular weight excluding hydrogens is 256 g/mol. The van der Waals surface area contributed by atoms with Gasteiger partial charge in [-0.1, -0.05) is 0 Å². The fourth-order valence-corrected chi connectivity index (χ4v) is 2.13. The summed E-state index contributed by atoms with van der Waals surface area (Å²) in [6.07, 6.45) is 0.981. The molecule has 0 aliphatic carbocycles. The topological polar surface area (TPSA) is 91.0 Å². The number of amidine groups is 1. The molecule has 2 rings (SSSR count). The van der Waals surface area contributed by atoms with Crippen molar-refractivity contribution >= 4 is 15.9 Å². The molecule has 18 heavy (non-hydrogen) atoms. The zero-order valence-corrected chi connectivity index (χ0v) is 10.7. The minimum Gasteiger partial charge on any atom is -0.490 e. The van der Waals surface area contributed by atoms with Gasteiger partial charge in [-0.05, 0) is 24.3 Å². The quantitative estimate of drug-likeness (QED) is 0.843. The Hall–Kier alpha value is -1.76. The van der Waals surface area contributed by atoms with Crippen molar-refractivity contribution in [3.8, 4) is 5.75 Å². The first-order chi connectivity index (χ1) is 8.45. The first-order valence-corrected chi connectivity index (χ1v) is 7.24. The maximum Gasteiger partial charge on any atom is 0.282 e. The Morgan fingerprint density at radius 1 is 1.44 bits per heavy atom. The van der Waals surface area contributed by atoms with Crippen LogP contribution in [0.25, 0.3) is 0 Å². The van der Waals surface area contributed by atoms with E-state index in [0.29, 0.717) is 18.9 Å². The van der Waals surface area contributed by atoms with Crippen molar-refractivity contribution in [3.05, 3.63) is 24.3 Å². The lowest BCUT2D eigenvalue weighted by atomic mass is 10.3. The van der Waals surface area contributed by atoms with Gasteiger partial charge in [0.25, 0.3) is 6.02 Å². The number of benzene rings is 1. The number of sulfone groups is 1. The Morgan fingerprint density at radius 2 is 2.11 bits per heavy atom. The molecule has 7 heteroatoms. The van der Waals surface area contributed by atoms with Gasteiger partial charge in [-0.3, -0.25) is 0 Å². The largest absolute Gasteiger partial charge is 0.490 e. The van der Waals surface area contributed by atoms with Gasteiger partial charge in [-0.15, -0.1) is 0 Å². The monoisotopic (exact) mass is 270 g/mol. The van der Waals surface area contributed by atoms with E-state index in [0.717, 1.165) is 6.26 Å². The van der Waals surface area contributed by atoms with Crippen LogP contribution in [-0.4, -0.2) is 40.0 Å². The SMILES string of the molecule is CS(=O)(=O)c1ccc(OCC2CN=C(N)O2)cc1. The van der Waals surface area contributed by atoms with E-state index in [4.69, 9.17) is 15.2 Å². The maximum absolute atomic E-state index is 11.3. The van der Waals surface area contributed by atoms with Gasteiger partial charge in [0.1, 0.15) is 12.4 Å². The van der Waals surface area contributed by atoms with Crippen LogP contribution in [0.15, 0.2) is 34.2 Å². The van der Waals surface area contributed by atoms with Crippen LogP contribution in [0.4, 0.5) is 0 Å². The van der Waals surface area contributed by atoms with Gasteiger partial charge in [0.05, 0.1) is 11.4 Å². The third-order valence-electron chi connectivity index (χ3n) is 2.43. The van der Waals surface area contributed by atoms with Crippen molar-refractivity contribution in [2.45, 2.75) is 11.0 Å². The fraction of sp³-hybridized carbons (Fsp3) is 0.364. The van der Waals surface area contributed by atoms with Crippen molar-refractivity contribution < 1.29 is 17.9 Å². The first kappa shape index (κ1) is 12.7. The van der Waals surface area contributed by atoms with E-state index in [2.05, 4.69) is 4.99 Å².